The number of hydrogen-bond acceptors (Lipinski definition) is 3. The van der Waals surface area contributed by atoms with Crippen molar-refractivity contribution in [3.8, 4) is 0 Å². The number of carbonyl (C=O) groups excluding carboxylic acids is 1. The molecule has 0 spiro atoms. The van der Waals surface area contributed by atoms with E-state index in [0.717, 1.165) is 38.8 Å². The summed E-state index contributed by atoms with van der Waals surface area (Å²) in [6.07, 6.45) is 6.74. The Morgan fingerprint density at radius 2 is 1.60 bits per heavy atom. The Labute approximate surface area is 150 Å². The summed E-state index contributed by atoms with van der Waals surface area (Å²) >= 11 is 0. The first kappa shape index (κ1) is 17.0. The van der Waals surface area contributed by atoms with Crippen molar-refractivity contribution >= 4 is 15.9 Å². The lowest BCUT2D eigenvalue weighted by Crippen LogP contribution is -2.48. The number of hydrogen-bond donors (Lipinski definition) is 0. The molecule has 136 valence electrons. The first-order valence-corrected chi connectivity index (χ1v) is 10.9. The normalized spacial score (nSPS) is 22.3. The number of nitrogens with zero attached hydrogens (tertiary/aromatic N) is 2. The molecule has 1 aliphatic carbocycles. The van der Waals surface area contributed by atoms with Crippen molar-refractivity contribution in [3.63, 3.8) is 0 Å². The molecule has 2 heterocycles. The van der Waals surface area contributed by atoms with E-state index in [0.29, 0.717) is 30.8 Å². The van der Waals surface area contributed by atoms with Crippen LogP contribution in [0.3, 0.4) is 0 Å². The number of aryl methyl sites for hydroxylation is 2. The van der Waals surface area contributed by atoms with Crippen LogP contribution in [-0.4, -0.2) is 49.7 Å². The highest BCUT2D eigenvalue weighted by Crippen LogP contribution is 2.29. The molecule has 6 heteroatoms. The van der Waals surface area contributed by atoms with Crippen LogP contribution in [0.2, 0.25) is 0 Å². The molecule has 1 aromatic rings. The van der Waals surface area contributed by atoms with Gasteiger partial charge in [0.1, 0.15) is 0 Å². The lowest BCUT2D eigenvalue weighted by atomic mass is 9.92. The van der Waals surface area contributed by atoms with Gasteiger partial charge in [0, 0.05) is 32.1 Å². The van der Waals surface area contributed by atoms with Crippen molar-refractivity contribution in [1.82, 2.24) is 9.21 Å². The van der Waals surface area contributed by atoms with Crippen molar-refractivity contribution in [3.05, 3.63) is 29.3 Å². The van der Waals surface area contributed by atoms with Crippen LogP contribution in [0.1, 0.15) is 43.2 Å². The highest BCUT2D eigenvalue weighted by atomic mass is 32.2. The van der Waals surface area contributed by atoms with E-state index in [4.69, 9.17) is 0 Å². The Bertz CT molecular complexity index is 763. The number of fused-ring (bicyclic) bond motifs is 1. The molecule has 25 heavy (non-hydrogen) atoms. The summed E-state index contributed by atoms with van der Waals surface area (Å²) in [5.41, 5.74) is 2.49. The fourth-order valence-electron chi connectivity index (χ4n) is 4.16. The summed E-state index contributed by atoms with van der Waals surface area (Å²) in [6, 6.07) is 5.62. The van der Waals surface area contributed by atoms with Crippen molar-refractivity contribution in [2.45, 2.75) is 49.8 Å². The monoisotopic (exact) mass is 362 g/mol. The van der Waals surface area contributed by atoms with Crippen LogP contribution in [0.15, 0.2) is 23.1 Å². The molecular formula is C19H26N2O3S. The number of likely N-dealkylation sites (tertiary alicyclic amines) is 1. The maximum atomic E-state index is 13.0. The number of amides is 1. The van der Waals surface area contributed by atoms with Crippen molar-refractivity contribution in [2.75, 3.05) is 26.2 Å². The zero-order valence-corrected chi connectivity index (χ0v) is 15.4. The quantitative estimate of drug-likeness (QED) is 0.828. The van der Waals surface area contributed by atoms with E-state index in [-0.39, 0.29) is 11.8 Å². The van der Waals surface area contributed by atoms with E-state index >= 15 is 0 Å². The molecule has 0 radical (unpaired) electrons. The molecule has 1 amide bonds. The molecule has 0 aromatic heterocycles. The smallest absolute Gasteiger partial charge is 0.243 e. The van der Waals surface area contributed by atoms with Crippen LogP contribution in [0.5, 0.6) is 0 Å². The van der Waals surface area contributed by atoms with Gasteiger partial charge in [-0.2, -0.15) is 4.31 Å². The molecule has 0 saturated carbocycles. The third kappa shape index (κ3) is 3.22. The minimum absolute atomic E-state index is 0.00437. The second-order valence-corrected chi connectivity index (χ2v) is 9.43. The van der Waals surface area contributed by atoms with E-state index < -0.39 is 10.0 Å². The standard InChI is InChI=1S/C19H26N2O3S/c22-19(20-10-3-11-20)16-8-12-21(13-9-16)25(23,24)18-7-6-15-4-1-2-5-17(15)14-18/h6-7,14,16H,1-5,8-13H2. The van der Waals surface area contributed by atoms with Crippen LogP contribution < -0.4 is 0 Å². The van der Waals surface area contributed by atoms with E-state index in [1.807, 2.05) is 17.0 Å². The second-order valence-electron chi connectivity index (χ2n) is 7.49. The van der Waals surface area contributed by atoms with E-state index in [1.54, 1.807) is 10.4 Å². The summed E-state index contributed by atoms with van der Waals surface area (Å²) in [5, 5.41) is 0. The van der Waals surface area contributed by atoms with Crippen LogP contribution in [0, 0.1) is 5.92 Å². The zero-order chi connectivity index (χ0) is 17.4. The first-order valence-electron chi connectivity index (χ1n) is 9.46. The molecule has 4 rings (SSSR count). The van der Waals surface area contributed by atoms with Crippen molar-refractivity contribution in [1.29, 1.82) is 0 Å². The summed E-state index contributed by atoms with van der Waals surface area (Å²) < 4.78 is 27.5. The summed E-state index contributed by atoms with van der Waals surface area (Å²) in [6.45, 7) is 2.63. The zero-order valence-electron chi connectivity index (χ0n) is 14.6. The lowest BCUT2D eigenvalue weighted by Gasteiger charge is -2.37. The molecule has 1 aromatic carbocycles. The van der Waals surface area contributed by atoms with Gasteiger partial charge in [0.15, 0.2) is 0 Å². The summed E-state index contributed by atoms with van der Waals surface area (Å²) in [7, 11) is -3.45. The Hall–Kier alpha value is -1.40. The summed E-state index contributed by atoms with van der Waals surface area (Å²) in [4.78, 5) is 14.6. The number of rotatable bonds is 3. The van der Waals surface area contributed by atoms with Crippen LogP contribution in [-0.2, 0) is 27.7 Å². The van der Waals surface area contributed by atoms with Gasteiger partial charge in [-0.25, -0.2) is 8.42 Å². The van der Waals surface area contributed by atoms with Crippen LogP contribution in [0.4, 0.5) is 0 Å². The molecule has 5 nitrogen and oxygen atoms in total. The molecule has 0 bridgehead atoms. The number of carbonyl (C=O) groups is 1. The van der Waals surface area contributed by atoms with Gasteiger partial charge in [-0.05, 0) is 68.2 Å². The van der Waals surface area contributed by atoms with Crippen molar-refractivity contribution < 1.29 is 13.2 Å². The number of benzene rings is 1. The Kier molecular flexibility index (Phi) is 4.58. The Morgan fingerprint density at radius 3 is 2.24 bits per heavy atom. The minimum atomic E-state index is -3.45. The van der Waals surface area contributed by atoms with Gasteiger partial charge < -0.3 is 4.90 Å². The molecule has 0 unspecified atom stereocenters. The van der Waals surface area contributed by atoms with Gasteiger partial charge in [-0.1, -0.05) is 6.07 Å². The topological polar surface area (TPSA) is 57.7 Å². The van der Waals surface area contributed by atoms with Gasteiger partial charge in [0.05, 0.1) is 4.90 Å². The second kappa shape index (κ2) is 6.72. The average molecular weight is 362 g/mol. The van der Waals surface area contributed by atoms with E-state index in [9.17, 15) is 13.2 Å². The van der Waals surface area contributed by atoms with Gasteiger partial charge >= 0.3 is 0 Å². The third-order valence-corrected chi connectivity index (χ3v) is 7.82. The first-order chi connectivity index (χ1) is 12.1. The maximum Gasteiger partial charge on any atom is 0.243 e. The number of sulfonamides is 1. The maximum absolute atomic E-state index is 13.0. The fraction of sp³-hybridized carbons (Fsp3) is 0.632. The highest BCUT2D eigenvalue weighted by molar-refractivity contribution is 7.89. The Morgan fingerprint density at radius 1 is 0.920 bits per heavy atom. The highest BCUT2D eigenvalue weighted by Gasteiger charge is 2.35. The predicted octanol–water partition coefficient (Wildman–Crippen LogP) is 2.20. The fourth-order valence-corrected chi connectivity index (χ4v) is 5.68. The molecule has 2 fully saturated rings. The van der Waals surface area contributed by atoms with Crippen LogP contribution >= 0.6 is 0 Å². The van der Waals surface area contributed by atoms with Gasteiger partial charge in [-0.3, -0.25) is 4.79 Å². The molecule has 2 saturated heterocycles. The van der Waals surface area contributed by atoms with Gasteiger partial charge in [0.25, 0.3) is 0 Å². The van der Waals surface area contributed by atoms with E-state index in [2.05, 4.69) is 0 Å². The van der Waals surface area contributed by atoms with E-state index in [1.165, 1.54) is 17.5 Å². The molecular weight excluding hydrogens is 336 g/mol. The molecule has 0 N–H and O–H groups in total. The lowest BCUT2D eigenvalue weighted by molar-refractivity contribution is -0.140. The summed E-state index contributed by atoms with van der Waals surface area (Å²) in [5.74, 6) is 0.215. The average Bonchev–Trinajstić information content (AvgIpc) is 2.60. The largest absolute Gasteiger partial charge is 0.342 e. The molecule has 2 aliphatic heterocycles. The predicted molar refractivity (Wildman–Crippen MR) is 95.8 cm³/mol. The number of piperidine rings is 1. The minimum Gasteiger partial charge on any atom is -0.342 e. The van der Waals surface area contributed by atoms with Gasteiger partial charge in [-0.15, -0.1) is 0 Å². The molecule has 3 aliphatic rings. The molecule has 0 atom stereocenters. The third-order valence-electron chi connectivity index (χ3n) is 5.93. The van der Waals surface area contributed by atoms with Crippen LogP contribution in [0.25, 0.3) is 0 Å². The van der Waals surface area contributed by atoms with Gasteiger partial charge in [0.2, 0.25) is 15.9 Å². The SMILES string of the molecule is O=C(C1CCN(S(=O)(=O)c2ccc3c(c2)CCCC3)CC1)N1CCC1. The Balaban J connectivity index is 1.45. The van der Waals surface area contributed by atoms with Crippen molar-refractivity contribution in [2.24, 2.45) is 5.92 Å².